The Balaban J connectivity index is 2.06. The molecule has 104 valence electrons. The van der Waals surface area contributed by atoms with E-state index in [0.29, 0.717) is 0 Å². The lowest BCUT2D eigenvalue weighted by Gasteiger charge is -2.29. The zero-order valence-electron chi connectivity index (χ0n) is 11.3. The van der Waals surface area contributed by atoms with Gasteiger partial charge in [0.15, 0.2) is 0 Å². The molecule has 0 spiro atoms. The number of aliphatic carboxylic acids is 1. The van der Waals surface area contributed by atoms with Crippen molar-refractivity contribution in [3.05, 3.63) is 18.1 Å². The van der Waals surface area contributed by atoms with Gasteiger partial charge in [0.1, 0.15) is 12.1 Å². The summed E-state index contributed by atoms with van der Waals surface area (Å²) in [7, 11) is 0. The number of hydrogen-bond donors (Lipinski definition) is 2. The summed E-state index contributed by atoms with van der Waals surface area (Å²) in [5.74, 6) is -0.269. The number of hydrogen-bond acceptors (Lipinski definition) is 4. The van der Waals surface area contributed by atoms with Crippen LogP contribution < -0.4 is 5.32 Å². The summed E-state index contributed by atoms with van der Waals surface area (Å²) in [6, 6.07) is 1.91. The van der Waals surface area contributed by atoms with E-state index in [0.717, 1.165) is 50.0 Å². The van der Waals surface area contributed by atoms with Crippen LogP contribution in [0.4, 0.5) is 5.82 Å². The van der Waals surface area contributed by atoms with Crippen LogP contribution in [0.3, 0.4) is 0 Å². The van der Waals surface area contributed by atoms with Crippen LogP contribution in [0.1, 0.15) is 44.7 Å². The number of rotatable bonds is 5. The van der Waals surface area contributed by atoms with Gasteiger partial charge in [-0.2, -0.15) is 0 Å². The normalized spacial score (nSPS) is 23.0. The smallest absolute Gasteiger partial charge is 0.308 e. The maximum atomic E-state index is 11.3. The van der Waals surface area contributed by atoms with E-state index in [1.54, 1.807) is 6.33 Å². The fourth-order valence-electron chi connectivity index (χ4n) is 2.66. The van der Waals surface area contributed by atoms with Gasteiger partial charge in [0.25, 0.3) is 0 Å². The van der Waals surface area contributed by atoms with Crippen LogP contribution in [0, 0.1) is 5.92 Å². The molecule has 1 aromatic rings. The number of aryl methyl sites for hydroxylation is 1. The van der Waals surface area contributed by atoms with Crippen molar-refractivity contribution in [2.24, 2.45) is 5.92 Å². The van der Waals surface area contributed by atoms with Crippen molar-refractivity contribution in [3.63, 3.8) is 0 Å². The summed E-state index contributed by atoms with van der Waals surface area (Å²) in [6.07, 6.45) is 7.23. The lowest BCUT2D eigenvalue weighted by Crippen LogP contribution is -2.37. The molecule has 1 fully saturated rings. The number of nitrogens with zero attached hydrogens (tertiary/aromatic N) is 2. The number of anilines is 1. The van der Waals surface area contributed by atoms with Crippen molar-refractivity contribution < 1.29 is 9.90 Å². The van der Waals surface area contributed by atoms with Crippen molar-refractivity contribution in [2.45, 2.75) is 51.5 Å². The van der Waals surface area contributed by atoms with Crippen molar-refractivity contribution in [3.8, 4) is 0 Å². The summed E-state index contributed by atoms with van der Waals surface area (Å²) in [5, 5.41) is 12.5. The van der Waals surface area contributed by atoms with Gasteiger partial charge in [0, 0.05) is 17.8 Å². The minimum atomic E-state index is -0.708. The van der Waals surface area contributed by atoms with Gasteiger partial charge < -0.3 is 10.4 Å². The first-order chi connectivity index (χ1) is 9.20. The van der Waals surface area contributed by atoms with Gasteiger partial charge in [-0.15, -0.1) is 0 Å². The molecule has 0 amide bonds. The maximum absolute atomic E-state index is 11.3. The SMILES string of the molecule is CCCc1cc(NC2CCCCC2C(=O)O)ncn1. The Bertz CT molecular complexity index is 436. The van der Waals surface area contributed by atoms with Gasteiger partial charge in [0.2, 0.25) is 0 Å². The molecule has 1 saturated carbocycles. The van der Waals surface area contributed by atoms with Gasteiger partial charge in [-0.05, 0) is 19.3 Å². The van der Waals surface area contributed by atoms with Crippen LogP contribution >= 0.6 is 0 Å². The van der Waals surface area contributed by atoms with E-state index in [9.17, 15) is 9.90 Å². The zero-order valence-corrected chi connectivity index (χ0v) is 11.3. The van der Waals surface area contributed by atoms with Crippen LogP contribution in [0.5, 0.6) is 0 Å². The molecule has 1 heterocycles. The van der Waals surface area contributed by atoms with E-state index in [1.807, 2.05) is 6.07 Å². The highest BCUT2D eigenvalue weighted by molar-refractivity contribution is 5.71. The molecule has 2 atom stereocenters. The molecule has 1 aliphatic carbocycles. The standard InChI is InChI=1S/C14H21N3O2/c1-2-5-10-8-13(16-9-15-10)17-12-7-4-3-6-11(12)14(18)19/h8-9,11-12H,2-7H2,1H3,(H,18,19)(H,15,16,17). The van der Waals surface area contributed by atoms with Crippen LogP contribution in [-0.2, 0) is 11.2 Å². The molecule has 19 heavy (non-hydrogen) atoms. The number of nitrogens with one attached hydrogen (secondary N) is 1. The van der Waals surface area contributed by atoms with Crippen molar-refractivity contribution in [2.75, 3.05) is 5.32 Å². The first kappa shape index (κ1) is 13.8. The zero-order chi connectivity index (χ0) is 13.7. The second-order valence-corrected chi connectivity index (χ2v) is 5.12. The molecule has 5 heteroatoms. The molecule has 0 saturated heterocycles. The Morgan fingerprint density at radius 2 is 2.21 bits per heavy atom. The molecule has 5 nitrogen and oxygen atoms in total. The van der Waals surface area contributed by atoms with E-state index in [1.165, 1.54) is 0 Å². The molecule has 0 bridgehead atoms. The Hall–Kier alpha value is -1.65. The fraction of sp³-hybridized carbons (Fsp3) is 0.643. The molecular formula is C14H21N3O2. The minimum Gasteiger partial charge on any atom is -0.481 e. The van der Waals surface area contributed by atoms with Gasteiger partial charge in [0.05, 0.1) is 5.92 Å². The molecule has 2 N–H and O–H groups in total. The van der Waals surface area contributed by atoms with E-state index in [2.05, 4.69) is 22.2 Å². The van der Waals surface area contributed by atoms with Gasteiger partial charge >= 0.3 is 5.97 Å². The second kappa shape index (κ2) is 6.50. The number of carboxylic acids is 1. The molecule has 0 radical (unpaired) electrons. The number of carboxylic acid groups (broad SMARTS) is 1. The van der Waals surface area contributed by atoms with Crippen molar-refractivity contribution in [1.29, 1.82) is 0 Å². The van der Waals surface area contributed by atoms with E-state index < -0.39 is 5.97 Å². The molecule has 2 rings (SSSR count). The van der Waals surface area contributed by atoms with Gasteiger partial charge in [-0.25, -0.2) is 9.97 Å². The highest BCUT2D eigenvalue weighted by Crippen LogP contribution is 2.27. The number of carbonyl (C=O) groups is 1. The van der Waals surface area contributed by atoms with Crippen molar-refractivity contribution >= 4 is 11.8 Å². The van der Waals surface area contributed by atoms with E-state index in [4.69, 9.17) is 0 Å². The topological polar surface area (TPSA) is 75.1 Å². The molecule has 2 unspecified atom stereocenters. The summed E-state index contributed by atoms with van der Waals surface area (Å²) < 4.78 is 0. The molecular weight excluding hydrogens is 242 g/mol. The molecule has 1 aromatic heterocycles. The molecule has 0 aromatic carbocycles. The number of aromatic nitrogens is 2. The van der Waals surface area contributed by atoms with E-state index in [-0.39, 0.29) is 12.0 Å². The summed E-state index contributed by atoms with van der Waals surface area (Å²) >= 11 is 0. The van der Waals surface area contributed by atoms with Gasteiger partial charge in [-0.1, -0.05) is 26.2 Å². The summed E-state index contributed by atoms with van der Waals surface area (Å²) in [5.41, 5.74) is 1.00. The Morgan fingerprint density at radius 1 is 1.42 bits per heavy atom. The predicted molar refractivity (Wildman–Crippen MR) is 73.0 cm³/mol. The predicted octanol–water partition coefficient (Wildman–Crippen LogP) is 2.48. The third-order valence-corrected chi connectivity index (χ3v) is 3.65. The van der Waals surface area contributed by atoms with Crippen LogP contribution in [0.2, 0.25) is 0 Å². The minimum absolute atomic E-state index is 0.0179. The Labute approximate surface area is 113 Å². The highest BCUT2D eigenvalue weighted by Gasteiger charge is 2.30. The monoisotopic (exact) mass is 263 g/mol. The molecule has 1 aliphatic rings. The average molecular weight is 263 g/mol. The quantitative estimate of drug-likeness (QED) is 0.853. The van der Waals surface area contributed by atoms with Gasteiger partial charge in [-0.3, -0.25) is 4.79 Å². The van der Waals surface area contributed by atoms with Crippen LogP contribution in [-0.4, -0.2) is 27.1 Å². The lowest BCUT2D eigenvalue weighted by atomic mass is 9.84. The lowest BCUT2D eigenvalue weighted by molar-refractivity contribution is -0.143. The third kappa shape index (κ3) is 3.66. The summed E-state index contributed by atoms with van der Waals surface area (Å²) in [6.45, 7) is 2.11. The first-order valence-electron chi connectivity index (χ1n) is 7.01. The largest absolute Gasteiger partial charge is 0.481 e. The maximum Gasteiger partial charge on any atom is 0.308 e. The average Bonchev–Trinajstić information content (AvgIpc) is 2.40. The summed E-state index contributed by atoms with van der Waals surface area (Å²) in [4.78, 5) is 19.7. The Morgan fingerprint density at radius 3 is 2.95 bits per heavy atom. The highest BCUT2D eigenvalue weighted by atomic mass is 16.4. The second-order valence-electron chi connectivity index (χ2n) is 5.12. The Kier molecular flexibility index (Phi) is 4.71. The van der Waals surface area contributed by atoms with Crippen LogP contribution in [0.25, 0.3) is 0 Å². The fourth-order valence-corrected chi connectivity index (χ4v) is 2.66. The van der Waals surface area contributed by atoms with Crippen LogP contribution in [0.15, 0.2) is 12.4 Å². The van der Waals surface area contributed by atoms with E-state index >= 15 is 0 Å². The van der Waals surface area contributed by atoms with Crippen molar-refractivity contribution in [1.82, 2.24) is 9.97 Å². The third-order valence-electron chi connectivity index (χ3n) is 3.65. The molecule has 0 aliphatic heterocycles. The first-order valence-corrected chi connectivity index (χ1v) is 7.01.